The predicted octanol–water partition coefficient (Wildman–Crippen LogP) is 3.30. The third-order valence-corrected chi connectivity index (χ3v) is 4.49. The lowest BCUT2D eigenvalue weighted by Gasteiger charge is -2.22. The number of carbonyl (C=O) groups is 2. The summed E-state index contributed by atoms with van der Waals surface area (Å²) in [6.07, 6.45) is 2.24. The molecular weight excluding hydrogens is 344 g/mol. The summed E-state index contributed by atoms with van der Waals surface area (Å²) in [7, 11) is 0. The second kappa shape index (κ2) is 8.75. The smallest absolute Gasteiger partial charge is 0.289 e. The van der Waals surface area contributed by atoms with Crippen LogP contribution < -0.4 is 4.74 Å². The zero-order valence-corrected chi connectivity index (χ0v) is 15.9. The van der Waals surface area contributed by atoms with Crippen molar-refractivity contribution in [1.29, 1.82) is 0 Å². The Balaban J connectivity index is 1.58. The Labute approximate surface area is 159 Å². The molecule has 6 heteroatoms. The highest BCUT2D eigenvalue weighted by Crippen LogP contribution is 2.16. The lowest BCUT2D eigenvalue weighted by molar-refractivity contribution is 0.0700. The molecule has 0 aliphatic carbocycles. The van der Waals surface area contributed by atoms with Gasteiger partial charge in [0.05, 0.1) is 12.9 Å². The van der Waals surface area contributed by atoms with E-state index >= 15 is 0 Å². The van der Waals surface area contributed by atoms with Gasteiger partial charge in [-0.15, -0.1) is 0 Å². The molecule has 0 atom stereocenters. The number of furan rings is 1. The molecule has 2 heterocycles. The van der Waals surface area contributed by atoms with Crippen LogP contribution in [0.5, 0.6) is 5.75 Å². The summed E-state index contributed by atoms with van der Waals surface area (Å²) in [6, 6.07) is 10.6. The minimum absolute atomic E-state index is 0.0160. The molecule has 6 nitrogen and oxygen atoms in total. The van der Waals surface area contributed by atoms with E-state index in [1.54, 1.807) is 34.1 Å². The molecule has 0 unspecified atom stereocenters. The molecule has 0 N–H and O–H groups in total. The van der Waals surface area contributed by atoms with Crippen LogP contribution in [0, 0.1) is 5.92 Å². The first-order valence-electron chi connectivity index (χ1n) is 9.39. The van der Waals surface area contributed by atoms with Gasteiger partial charge in [-0.25, -0.2) is 0 Å². The lowest BCUT2D eigenvalue weighted by Crippen LogP contribution is -2.37. The van der Waals surface area contributed by atoms with Crippen LogP contribution in [0.15, 0.2) is 47.1 Å². The van der Waals surface area contributed by atoms with Crippen LogP contribution in [0.3, 0.4) is 0 Å². The molecule has 0 saturated carbocycles. The molecule has 27 heavy (non-hydrogen) atoms. The maximum atomic E-state index is 12.8. The minimum Gasteiger partial charge on any atom is -0.493 e. The number of hydrogen-bond acceptors (Lipinski definition) is 4. The van der Waals surface area contributed by atoms with E-state index in [1.165, 1.54) is 6.26 Å². The van der Waals surface area contributed by atoms with Crippen LogP contribution in [0.2, 0.25) is 0 Å². The van der Waals surface area contributed by atoms with Crippen molar-refractivity contribution in [2.45, 2.75) is 20.3 Å². The van der Waals surface area contributed by atoms with Gasteiger partial charge in [0.1, 0.15) is 5.75 Å². The monoisotopic (exact) mass is 370 g/mol. The van der Waals surface area contributed by atoms with Gasteiger partial charge in [0.15, 0.2) is 5.76 Å². The predicted molar refractivity (Wildman–Crippen MR) is 102 cm³/mol. The fourth-order valence-electron chi connectivity index (χ4n) is 3.02. The largest absolute Gasteiger partial charge is 0.493 e. The van der Waals surface area contributed by atoms with E-state index in [4.69, 9.17) is 9.15 Å². The van der Waals surface area contributed by atoms with Crippen molar-refractivity contribution in [3.63, 3.8) is 0 Å². The van der Waals surface area contributed by atoms with Gasteiger partial charge in [-0.05, 0) is 48.7 Å². The first-order valence-corrected chi connectivity index (χ1v) is 9.39. The van der Waals surface area contributed by atoms with Crippen molar-refractivity contribution in [2.75, 3.05) is 32.8 Å². The summed E-state index contributed by atoms with van der Waals surface area (Å²) in [4.78, 5) is 28.8. The molecule has 0 spiro atoms. The Hall–Kier alpha value is -2.76. The Kier molecular flexibility index (Phi) is 6.16. The van der Waals surface area contributed by atoms with Crippen LogP contribution in [0.1, 0.15) is 41.2 Å². The van der Waals surface area contributed by atoms with Crippen molar-refractivity contribution in [1.82, 2.24) is 9.80 Å². The third-order valence-electron chi connectivity index (χ3n) is 4.49. The van der Waals surface area contributed by atoms with Gasteiger partial charge in [0.2, 0.25) is 0 Å². The van der Waals surface area contributed by atoms with Gasteiger partial charge in [-0.2, -0.15) is 0 Å². The van der Waals surface area contributed by atoms with Crippen molar-refractivity contribution in [2.24, 2.45) is 5.92 Å². The molecule has 0 radical (unpaired) electrons. The molecule has 0 bridgehead atoms. The fraction of sp³-hybridized carbons (Fsp3) is 0.429. The van der Waals surface area contributed by atoms with Crippen LogP contribution in [0.4, 0.5) is 0 Å². The van der Waals surface area contributed by atoms with E-state index in [1.807, 2.05) is 12.1 Å². The summed E-state index contributed by atoms with van der Waals surface area (Å²) in [5.74, 6) is 1.42. The number of benzene rings is 1. The van der Waals surface area contributed by atoms with Crippen LogP contribution in [-0.4, -0.2) is 54.4 Å². The molecule has 1 aliphatic heterocycles. The molecule has 144 valence electrons. The number of hydrogen-bond donors (Lipinski definition) is 0. The zero-order valence-electron chi connectivity index (χ0n) is 15.9. The van der Waals surface area contributed by atoms with E-state index in [9.17, 15) is 9.59 Å². The Bertz CT molecular complexity index is 753. The molecule has 2 amide bonds. The molecule has 3 rings (SSSR count). The van der Waals surface area contributed by atoms with E-state index in [-0.39, 0.29) is 11.8 Å². The molecule has 1 aromatic heterocycles. The first kappa shape index (κ1) is 19.0. The summed E-state index contributed by atoms with van der Waals surface area (Å²) in [5, 5.41) is 0. The molecule has 1 aromatic carbocycles. The maximum Gasteiger partial charge on any atom is 0.289 e. The lowest BCUT2D eigenvalue weighted by atomic mass is 10.2. The van der Waals surface area contributed by atoms with Gasteiger partial charge in [0, 0.05) is 31.7 Å². The second-order valence-corrected chi connectivity index (χ2v) is 7.14. The zero-order chi connectivity index (χ0) is 19.2. The average Bonchev–Trinajstić information content (AvgIpc) is 3.10. The van der Waals surface area contributed by atoms with Gasteiger partial charge in [-0.1, -0.05) is 13.8 Å². The van der Waals surface area contributed by atoms with Gasteiger partial charge in [0.25, 0.3) is 11.8 Å². The summed E-state index contributed by atoms with van der Waals surface area (Å²) < 4.78 is 10.9. The molecular formula is C21H26N2O4. The fourth-order valence-corrected chi connectivity index (χ4v) is 3.02. The normalized spacial score (nSPS) is 14.9. The standard InChI is InChI=1S/C21H26N2O4/c1-16(2)15-27-18-8-6-17(7-9-18)20(24)22-10-4-11-23(13-12-22)21(25)19-5-3-14-26-19/h3,5-9,14,16H,4,10-13,15H2,1-2H3. The molecule has 2 aromatic rings. The van der Waals surface area contributed by atoms with E-state index < -0.39 is 0 Å². The van der Waals surface area contributed by atoms with Crippen LogP contribution in [-0.2, 0) is 0 Å². The molecule has 1 fully saturated rings. The number of amides is 2. The van der Waals surface area contributed by atoms with Crippen molar-refractivity contribution < 1.29 is 18.7 Å². The van der Waals surface area contributed by atoms with E-state index in [0.29, 0.717) is 50.0 Å². The Morgan fingerprint density at radius 3 is 2.26 bits per heavy atom. The van der Waals surface area contributed by atoms with Crippen molar-refractivity contribution in [3.8, 4) is 5.75 Å². The summed E-state index contributed by atoms with van der Waals surface area (Å²) >= 11 is 0. The van der Waals surface area contributed by atoms with Crippen LogP contribution >= 0.6 is 0 Å². The minimum atomic E-state index is -0.124. The SMILES string of the molecule is CC(C)COc1ccc(C(=O)N2CCCN(C(=O)c3ccco3)CC2)cc1. The highest BCUT2D eigenvalue weighted by molar-refractivity contribution is 5.94. The molecule has 1 aliphatic rings. The van der Waals surface area contributed by atoms with Gasteiger partial charge >= 0.3 is 0 Å². The first-order chi connectivity index (χ1) is 13.0. The highest BCUT2D eigenvalue weighted by Gasteiger charge is 2.24. The van der Waals surface area contributed by atoms with Gasteiger partial charge < -0.3 is 19.0 Å². The van der Waals surface area contributed by atoms with Crippen molar-refractivity contribution in [3.05, 3.63) is 54.0 Å². The summed E-state index contributed by atoms with van der Waals surface area (Å²) in [5.41, 5.74) is 0.637. The topological polar surface area (TPSA) is 63.0 Å². The number of ether oxygens (including phenoxy) is 1. The van der Waals surface area contributed by atoms with Gasteiger partial charge in [-0.3, -0.25) is 9.59 Å². The third kappa shape index (κ3) is 4.90. The average molecular weight is 370 g/mol. The quantitative estimate of drug-likeness (QED) is 0.810. The Morgan fingerprint density at radius 1 is 1.00 bits per heavy atom. The van der Waals surface area contributed by atoms with E-state index in [0.717, 1.165) is 12.2 Å². The van der Waals surface area contributed by atoms with E-state index in [2.05, 4.69) is 13.8 Å². The Morgan fingerprint density at radius 2 is 1.67 bits per heavy atom. The molecule has 1 saturated heterocycles. The summed E-state index contributed by atoms with van der Waals surface area (Å²) in [6.45, 7) is 7.10. The number of nitrogens with zero attached hydrogens (tertiary/aromatic N) is 2. The maximum absolute atomic E-state index is 12.8. The highest BCUT2D eigenvalue weighted by atomic mass is 16.5. The second-order valence-electron chi connectivity index (χ2n) is 7.14. The number of carbonyl (C=O) groups excluding carboxylic acids is 2. The number of rotatable bonds is 5. The van der Waals surface area contributed by atoms with Crippen LogP contribution in [0.25, 0.3) is 0 Å². The van der Waals surface area contributed by atoms with Crippen molar-refractivity contribution >= 4 is 11.8 Å².